The number of nitrogens with zero attached hydrogens (tertiary/aromatic N) is 3. The van der Waals surface area contributed by atoms with Crippen LogP contribution in [0.4, 0.5) is 0 Å². The standard InChI is InChI=1S/C20H25N3O4/c1-14-5-6-17(10-15(14)2)27-13-19(24)22-8-3-4-16(11-22)18-7-9-23(21-18)12-20(25)26/h5-7,9-10,16H,3-4,8,11-13H2,1-2H3,(H,25,26)/t16-/m1/s1. The van der Waals surface area contributed by atoms with E-state index >= 15 is 0 Å². The first-order valence-electron chi connectivity index (χ1n) is 9.15. The number of aryl methyl sites for hydroxylation is 2. The molecule has 1 fully saturated rings. The van der Waals surface area contributed by atoms with Crippen molar-refractivity contribution in [2.45, 2.75) is 39.2 Å². The Bertz CT molecular complexity index is 830. The molecule has 27 heavy (non-hydrogen) atoms. The highest BCUT2D eigenvalue weighted by Crippen LogP contribution is 2.26. The lowest BCUT2D eigenvalue weighted by Crippen LogP contribution is -2.41. The highest BCUT2D eigenvalue weighted by atomic mass is 16.5. The molecule has 1 aliphatic rings. The Balaban J connectivity index is 1.56. The van der Waals surface area contributed by atoms with Gasteiger partial charge in [0.1, 0.15) is 12.3 Å². The largest absolute Gasteiger partial charge is 0.484 e. The van der Waals surface area contributed by atoms with Crippen LogP contribution in [0.3, 0.4) is 0 Å². The number of hydrogen-bond donors (Lipinski definition) is 1. The minimum Gasteiger partial charge on any atom is -0.484 e. The Morgan fingerprint density at radius 2 is 2.07 bits per heavy atom. The zero-order valence-electron chi connectivity index (χ0n) is 15.7. The number of amides is 1. The van der Waals surface area contributed by atoms with Crippen molar-refractivity contribution < 1.29 is 19.4 Å². The van der Waals surface area contributed by atoms with Gasteiger partial charge in [-0.3, -0.25) is 14.3 Å². The molecular weight excluding hydrogens is 346 g/mol. The average molecular weight is 371 g/mol. The van der Waals surface area contributed by atoms with E-state index in [2.05, 4.69) is 5.10 Å². The number of piperidine rings is 1. The summed E-state index contributed by atoms with van der Waals surface area (Å²) in [4.78, 5) is 25.2. The van der Waals surface area contributed by atoms with Crippen LogP contribution in [0.15, 0.2) is 30.5 Å². The number of aromatic nitrogens is 2. The SMILES string of the molecule is Cc1ccc(OCC(=O)N2CCC[C@@H](c3ccn(CC(=O)O)n3)C2)cc1C. The summed E-state index contributed by atoms with van der Waals surface area (Å²) in [6.07, 6.45) is 3.50. The van der Waals surface area contributed by atoms with Gasteiger partial charge in [-0.1, -0.05) is 6.07 Å². The molecule has 1 aromatic heterocycles. The molecule has 2 aromatic rings. The van der Waals surface area contributed by atoms with E-state index in [-0.39, 0.29) is 25.0 Å². The molecule has 144 valence electrons. The monoisotopic (exact) mass is 371 g/mol. The molecule has 1 aliphatic heterocycles. The van der Waals surface area contributed by atoms with Crippen LogP contribution in [0.5, 0.6) is 5.75 Å². The van der Waals surface area contributed by atoms with Gasteiger partial charge in [0, 0.05) is 25.2 Å². The molecule has 1 aromatic carbocycles. The molecule has 7 nitrogen and oxygen atoms in total. The highest BCUT2D eigenvalue weighted by Gasteiger charge is 2.26. The van der Waals surface area contributed by atoms with Gasteiger partial charge >= 0.3 is 5.97 Å². The predicted octanol–water partition coefficient (Wildman–Crippen LogP) is 2.37. The van der Waals surface area contributed by atoms with Crippen molar-refractivity contribution >= 4 is 11.9 Å². The minimum absolute atomic E-state index is 0.0165. The van der Waals surface area contributed by atoms with Crippen LogP contribution < -0.4 is 4.74 Å². The summed E-state index contributed by atoms with van der Waals surface area (Å²) < 4.78 is 7.09. The van der Waals surface area contributed by atoms with Crippen molar-refractivity contribution in [2.75, 3.05) is 19.7 Å². The molecule has 2 heterocycles. The number of carbonyl (C=O) groups is 2. The second kappa shape index (κ2) is 8.24. The molecule has 0 bridgehead atoms. The summed E-state index contributed by atoms with van der Waals surface area (Å²) >= 11 is 0. The molecule has 1 amide bonds. The summed E-state index contributed by atoms with van der Waals surface area (Å²) in [7, 11) is 0. The van der Waals surface area contributed by atoms with Gasteiger partial charge < -0.3 is 14.7 Å². The number of carboxylic acid groups (broad SMARTS) is 1. The quantitative estimate of drug-likeness (QED) is 0.843. The molecule has 0 saturated carbocycles. The number of likely N-dealkylation sites (tertiary alicyclic amines) is 1. The van der Waals surface area contributed by atoms with Crippen molar-refractivity contribution in [1.29, 1.82) is 0 Å². The van der Waals surface area contributed by atoms with Gasteiger partial charge in [-0.15, -0.1) is 0 Å². The van der Waals surface area contributed by atoms with E-state index in [9.17, 15) is 9.59 Å². The third-order valence-electron chi connectivity index (χ3n) is 4.99. The molecule has 1 N–H and O–H groups in total. The zero-order chi connectivity index (χ0) is 19.4. The van der Waals surface area contributed by atoms with Gasteiger partial charge in [0.25, 0.3) is 5.91 Å². The van der Waals surface area contributed by atoms with Crippen LogP contribution in [0.2, 0.25) is 0 Å². The maximum Gasteiger partial charge on any atom is 0.325 e. The Hall–Kier alpha value is -2.83. The van der Waals surface area contributed by atoms with Gasteiger partial charge in [-0.25, -0.2) is 0 Å². The zero-order valence-corrected chi connectivity index (χ0v) is 15.7. The fraction of sp³-hybridized carbons (Fsp3) is 0.450. The fourth-order valence-corrected chi connectivity index (χ4v) is 3.31. The van der Waals surface area contributed by atoms with E-state index in [0.717, 1.165) is 24.1 Å². The maximum atomic E-state index is 12.5. The van der Waals surface area contributed by atoms with Crippen LogP contribution in [0.1, 0.15) is 35.6 Å². The number of rotatable bonds is 6. The Kier molecular flexibility index (Phi) is 5.78. The first kappa shape index (κ1) is 18.9. The second-order valence-corrected chi connectivity index (χ2v) is 7.05. The third-order valence-corrected chi connectivity index (χ3v) is 4.99. The predicted molar refractivity (Wildman–Crippen MR) is 99.8 cm³/mol. The van der Waals surface area contributed by atoms with E-state index in [1.807, 2.05) is 43.0 Å². The van der Waals surface area contributed by atoms with E-state index in [1.54, 1.807) is 6.20 Å². The summed E-state index contributed by atoms with van der Waals surface area (Å²) in [5.74, 6) is -0.136. The fourth-order valence-electron chi connectivity index (χ4n) is 3.31. The number of hydrogen-bond acceptors (Lipinski definition) is 4. The van der Waals surface area contributed by atoms with Crippen LogP contribution >= 0.6 is 0 Å². The molecule has 1 atom stereocenters. The van der Waals surface area contributed by atoms with Crippen LogP contribution in [0.25, 0.3) is 0 Å². The minimum atomic E-state index is -0.923. The average Bonchev–Trinajstić information content (AvgIpc) is 3.10. The number of benzene rings is 1. The van der Waals surface area contributed by atoms with E-state index < -0.39 is 5.97 Å². The second-order valence-electron chi connectivity index (χ2n) is 7.05. The molecule has 0 unspecified atom stereocenters. The van der Waals surface area contributed by atoms with Gasteiger partial charge in [-0.2, -0.15) is 5.10 Å². The lowest BCUT2D eigenvalue weighted by molar-refractivity contribution is -0.138. The van der Waals surface area contributed by atoms with Gasteiger partial charge in [0.15, 0.2) is 6.61 Å². The summed E-state index contributed by atoms with van der Waals surface area (Å²) in [6, 6.07) is 7.65. The van der Waals surface area contributed by atoms with Crippen LogP contribution in [-0.2, 0) is 16.1 Å². The van der Waals surface area contributed by atoms with Crippen LogP contribution in [-0.4, -0.2) is 51.4 Å². The maximum absolute atomic E-state index is 12.5. The summed E-state index contributed by atoms with van der Waals surface area (Å²) in [6.45, 7) is 5.21. The molecule has 0 radical (unpaired) electrons. The Labute approximate surface area is 158 Å². The number of ether oxygens (including phenoxy) is 1. The van der Waals surface area contributed by atoms with Crippen molar-refractivity contribution in [3.63, 3.8) is 0 Å². The lowest BCUT2D eigenvalue weighted by Gasteiger charge is -2.32. The lowest BCUT2D eigenvalue weighted by atomic mass is 9.95. The molecule has 7 heteroatoms. The molecule has 1 saturated heterocycles. The van der Waals surface area contributed by atoms with Gasteiger partial charge in [-0.05, 0) is 56.0 Å². The highest BCUT2D eigenvalue weighted by molar-refractivity contribution is 5.78. The van der Waals surface area contributed by atoms with E-state index in [4.69, 9.17) is 9.84 Å². The van der Waals surface area contributed by atoms with Crippen LogP contribution in [0, 0.1) is 13.8 Å². The summed E-state index contributed by atoms with van der Waals surface area (Å²) in [5.41, 5.74) is 3.16. The number of carbonyl (C=O) groups excluding carboxylic acids is 1. The smallest absolute Gasteiger partial charge is 0.325 e. The normalized spacial score (nSPS) is 17.0. The van der Waals surface area contributed by atoms with Gasteiger partial charge in [0.05, 0.1) is 5.69 Å². The Morgan fingerprint density at radius 3 is 2.81 bits per heavy atom. The molecule has 0 spiro atoms. The van der Waals surface area contributed by atoms with Crippen molar-refractivity contribution in [3.8, 4) is 5.75 Å². The van der Waals surface area contributed by atoms with Crippen molar-refractivity contribution in [2.24, 2.45) is 0 Å². The molecule has 3 rings (SSSR count). The third kappa shape index (κ3) is 4.87. The van der Waals surface area contributed by atoms with Crippen molar-refractivity contribution in [1.82, 2.24) is 14.7 Å². The first-order valence-corrected chi connectivity index (χ1v) is 9.15. The summed E-state index contributed by atoms with van der Waals surface area (Å²) in [5, 5.41) is 13.2. The molecule has 0 aliphatic carbocycles. The molecular formula is C20H25N3O4. The van der Waals surface area contributed by atoms with Crippen molar-refractivity contribution in [3.05, 3.63) is 47.3 Å². The topological polar surface area (TPSA) is 84.7 Å². The van der Waals surface area contributed by atoms with Gasteiger partial charge in [0.2, 0.25) is 0 Å². The number of carboxylic acids is 1. The van der Waals surface area contributed by atoms with E-state index in [0.29, 0.717) is 18.8 Å². The number of aliphatic carboxylic acids is 1. The van der Waals surface area contributed by atoms with E-state index in [1.165, 1.54) is 10.2 Å². The first-order chi connectivity index (χ1) is 12.9. The Morgan fingerprint density at radius 1 is 1.26 bits per heavy atom.